The molecule has 4 N–H and O–H groups in total. The Morgan fingerprint density at radius 3 is 2.61 bits per heavy atom. The maximum atomic E-state index is 11.6. The Labute approximate surface area is 105 Å². The molecule has 18 heavy (non-hydrogen) atoms. The third kappa shape index (κ3) is 3.48. The summed E-state index contributed by atoms with van der Waals surface area (Å²) in [6, 6.07) is 12.2. The van der Waals surface area contributed by atoms with E-state index in [9.17, 15) is 4.79 Å². The van der Waals surface area contributed by atoms with Gasteiger partial charge in [0, 0.05) is 17.6 Å². The molecule has 0 radical (unpaired) electrons. The molecule has 0 aliphatic heterocycles. The van der Waals surface area contributed by atoms with Crippen LogP contribution >= 0.6 is 0 Å². The highest BCUT2D eigenvalue weighted by Crippen LogP contribution is 2.09. The van der Waals surface area contributed by atoms with E-state index >= 15 is 0 Å². The van der Waals surface area contributed by atoms with Gasteiger partial charge in [-0.05, 0) is 36.4 Å². The van der Waals surface area contributed by atoms with Crippen molar-refractivity contribution in [3.8, 4) is 0 Å². The zero-order valence-corrected chi connectivity index (χ0v) is 9.76. The molecule has 1 aromatic heterocycles. The summed E-state index contributed by atoms with van der Waals surface area (Å²) >= 11 is 0. The average Bonchev–Trinajstić information content (AvgIpc) is 2.40. The van der Waals surface area contributed by atoms with Gasteiger partial charge >= 0.3 is 6.03 Å². The molecule has 0 fully saturated rings. The second kappa shape index (κ2) is 5.67. The number of hydrogen-bond acceptors (Lipinski definition) is 3. The lowest BCUT2D eigenvalue weighted by Gasteiger charge is -2.07. The standard InChI is InChI=1S/C13H14N4O/c14-10-4-6-11(7-5-10)17-13(18)16-9-12-3-1-2-8-15-12/h1-8H,9,14H2,(H2,16,17,18). The second-order valence-electron chi connectivity index (χ2n) is 3.75. The molecule has 0 aliphatic carbocycles. The van der Waals surface area contributed by atoms with Crippen molar-refractivity contribution in [1.29, 1.82) is 0 Å². The fourth-order valence-electron chi connectivity index (χ4n) is 1.42. The molecule has 1 heterocycles. The van der Waals surface area contributed by atoms with E-state index < -0.39 is 0 Å². The normalized spacial score (nSPS) is 9.78. The lowest BCUT2D eigenvalue weighted by Crippen LogP contribution is -2.28. The molecule has 92 valence electrons. The fourth-order valence-corrected chi connectivity index (χ4v) is 1.42. The fraction of sp³-hybridized carbons (Fsp3) is 0.0769. The quantitative estimate of drug-likeness (QED) is 0.720. The first kappa shape index (κ1) is 11.9. The Kier molecular flexibility index (Phi) is 3.76. The van der Waals surface area contributed by atoms with Gasteiger partial charge < -0.3 is 16.4 Å². The number of carbonyl (C=O) groups is 1. The van der Waals surface area contributed by atoms with E-state index in [4.69, 9.17) is 5.73 Å². The van der Waals surface area contributed by atoms with Gasteiger partial charge in [-0.2, -0.15) is 0 Å². The lowest BCUT2D eigenvalue weighted by molar-refractivity contribution is 0.251. The van der Waals surface area contributed by atoms with Gasteiger partial charge in [0.1, 0.15) is 0 Å². The summed E-state index contributed by atoms with van der Waals surface area (Å²) < 4.78 is 0. The molecule has 2 aromatic rings. The van der Waals surface area contributed by atoms with Crippen LogP contribution in [0.5, 0.6) is 0 Å². The number of urea groups is 1. The van der Waals surface area contributed by atoms with Gasteiger partial charge in [-0.15, -0.1) is 0 Å². The van der Waals surface area contributed by atoms with Gasteiger partial charge in [-0.25, -0.2) is 4.79 Å². The minimum absolute atomic E-state index is 0.273. The zero-order valence-electron chi connectivity index (χ0n) is 9.76. The molecule has 5 heteroatoms. The third-order valence-electron chi connectivity index (χ3n) is 2.32. The van der Waals surface area contributed by atoms with Crippen LogP contribution in [0.2, 0.25) is 0 Å². The maximum Gasteiger partial charge on any atom is 0.319 e. The summed E-state index contributed by atoms with van der Waals surface area (Å²) in [7, 11) is 0. The van der Waals surface area contributed by atoms with E-state index in [2.05, 4.69) is 15.6 Å². The topological polar surface area (TPSA) is 80.0 Å². The first-order valence-electron chi connectivity index (χ1n) is 5.54. The van der Waals surface area contributed by atoms with Gasteiger partial charge in [0.15, 0.2) is 0 Å². The number of amides is 2. The highest BCUT2D eigenvalue weighted by Gasteiger charge is 2.01. The van der Waals surface area contributed by atoms with E-state index in [-0.39, 0.29) is 6.03 Å². The molecular formula is C13H14N4O. The van der Waals surface area contributed by atoms with E-state index in [1.165, 1.54) is 0 Å². The molecule has 0 saturated heterocycles. The van der Waals surface area contributed by atoms with Gasteiger partial charge in [0.05, 0.1) is 12.2 Å². The highest BCUT2D eigenvalue weighted by molar-refractivity contribution is 5.89. The number of rotatable bonds is 3. The molecule has 2 amide bonds. The van der Waals surface area contributed by atoms with Gasteiger partial charge in [-0.1, -0.05) is 6.07 Å². The van der Waals surface area contributed by atoms with Crippen molar-refractivity contribution in [3.05, 3.63) is 54.4 Å². The third-order valence-corrected chi connectivity index (χ3v) is 2.32. The zero-order chi connectivity index (χ0) is 12.8. The van der Waals surface area contributed by atoms with Crippen molar-refractivity contribution in [2.45, 2.75) is 6.54 Å². The smallest absolute Gasteiger partial charge is 0.319 e. The van der Waals surface area contributed by atoms with Crippen molar-refractivity contribution in [2.75, 3.05) is 11.1 Å². The SMILES string of the molecule is Nc1ccc(NC(=O)NCc2ccccn2)cc1. The lowest BCUT2D eigenvalue weighted by atomic mass is 10.3. The first-order chi connectivity index (χ1) is 8.74. The van der Waals surface area contributed by atoms with E-state index in [0.717, 1.165) is 5.69 Å². The first-order valence-corrected chi connectivity index (χ1v) is 5.54. The number of anilines is 2. The van der Waals surface area contributed by atoms with Crippen LogP contribution in [-0.2, 0) is 6.54 Å². The monoisotopic (exact) mass is 242 g/mol. The molecule has 0 aliphatic rings. The summed E-state index contributed by atoms with van der Waals surface area (Å²) in [5.74, 6) is 0. The molecule has 5 nitrogen and oxygen atoms in total. The predicted molar refractivity (Wildman–Crippen MR) is 70.9 cm³/mol. The largest absolute Gasteiger partial charge is 0.399 e. The van der Waals surface area contributed by atoms with Crippen LogP contribution < -0.4 is 16.4 Å². The van der Waals surface area contributed by atoms with Crippen LogP contribution in [0.25, 0.3) is 0 Å². The van der Waals surface area contributed by atoms with Crippen molar-refractivity contribution in [3.63, 3.8) is 0 Å². The Hall–Kier alpha value is -2.56. The summed E-state index contributed by atoms with van der Waals surface area (Å²) in [6.07, 6.45) is 1.69. The van der Waals surface area contributed by atoms with Crippen molar-refractivity contribution in [1.82, 2.24) is 10.3 Å². The number of nitrogen functional groups attached to an aromatic ring is 1. The van der Waals surface area contributed by atoms with Gasteiger partial charge in [0.25, 0.3) is 0 Å². The Bertz CT molecular complexity index is 510. The number of carbonyl (C=O) groups excluding carboxylic acids is 1. The van der Waals surface area contributed by atoms with Crippen LogP contribution in [-0.4, -0.2) is 11.0 Å². The predicted octanol–water partition coefficient (Wildman–Crippen LogP) is 1.99. The van der Waals surface area contributed by atoms with E-state index in [0.29, 0.717) is 17.9 Å². The molecule has 0 atom stereocenters. The molecule has 2 rings (SSSR count). The number of nitrogens with one attached hydrogen (secondary N) is 2. The number of nitrogens with zero attached hydrogens (tertiary/aromatic N) is 1. The summed E-state index contributed by atoms with van der Waals surface area (Å²) in [5.41, 5.74) is 7.72. The van der Waals surface area contributed by atoms with Gasteiger partial charge in [0.2, 0.25) is 0 Å². The van der Waals surface area contributed by atoms with Crippen LogP contribution in [0.3, 0.4) is 0 Å². The molecule has 1 aromatic carbocycles. The van der Waals surface area contributed by atoms with Crippen molar-refractivity contribution >= 4 is 17.4 Å². The summed E-state index contributed by atoms with van der Waals surface area (Å²) in [6.45, 7) is 0.391. The Balaban J connectivity index is 1.84. The average molecular weight is 242 g/mol. The molecule has 0 saturated carbocycles. The van der Waals surface area contributed by atoms with E-state index in [1.807, 2.05) is 18.2 Å². The Morgan fingerprint density at radius 1 is 1.17 bits per heavy atom. The van der Waals surface area contributed by atoms with Crippen molar-refractivity contribution < 1.29 is 4.79 Å². The second-order valence-corrected chi connectivity index (χ2v) is 3.75. The van der Waals surface area contributed by atoms with Crippen LogP contribution in [0.15, 0.2) is 48.7 Å². The summed E-state index contributed by atoms with van der Waals surface area (Å²) in [5, 5.41) is 5.42. The van der Waals surface area contributed by atoms with Gasteiger partial charge in [-0.3, -0.25) is 4.98 Å². The number of hydrogen-bond donors (Lipinski definition) is 3. The minimum Gasteiger partial charge on any atom is -0.399 e. The minimum atomic E-state index is -0.273. The van der Waals surface area contributed by atoms with Crippen molar-refractivity contribution in [2.24, 2.45) is 0 Å². The maximum absolute atomic E-state index is 11.6. The molecule has 0 spiro atoms. The van der Waals surface area contributed by atoms with Crippen LogP contribution in [0.4, 0.5) is 16.2 Å². The number of pyridine rings is 1. The van der Waals surface area contributed by atoms with Crippen LogP contribution in [0, 0.1) is 0 Å². The number of benzene rings is 1. The van der Waals surface area contributed by atoms with E-state index in [1.54, 1.807) is 30.5 Å². The molecule has 0 bridgehead atoms. The summed E-state index contributed by atoms with van der Waals surface area (Å²) in [4.78, 5) is 15.7. The number of aromatic nitrogens is 1. The molecular weight excluding hydrogens is 228 g/mol. The Morgan fingerprint density at radius 2 is 1.94 bits per heavy atom. The van der Waals surface area contributed by atoms with Crippen LogP contribution in [0.1, 0.15) is 5.69 Å². The molecule has 0 unspecified atom stereocenters. The highest BCUT2D eigenvalue weighted by atomic mass is 16.2. The number of nitrogens with two attached hydrogens (primary N) is 1.